The van der Waals surface area contributed by atoms with Crippen LogP contribution in [-0.4, -0.2) is 63.9 Å². The molecule has 0 saturated heterocycles. The lowest BCUT2D eigenvalue weighted by Crippen LogP contribution is -2.43. The Morgan fingerprint density at radius 2 is 1.58 bits per heavy atom. The number of carbonyl (C=O) groups is 5. The molecule has 1 rings (SSSR count). The summed E-state index contributed by atoms with van der Waals surface area (Å²) in [6, 6.07) is 5.97. The molecule has 170 valence electrons. The second-order valence-corrected chi connectivity index (χ2v) is 7.38. The highest BCUT2D eigenvalue weighted by Crippen LogP contribution is 2.11. The number of benzene rings is 1. The molecule has 0 aliphatic heterocycles. The van der Waals surface area contributed by atoms with Crippen LogP contribution in [0.15, 0.2) is 28.7 Å². The largest absolute Gasteiger partial charge is 0.481 e. The van der Waals surface area contributed by atoms with Gasteiger partial charge in [-0.2, -0.15) is 0 Å². The number of alkyl carbamates (subject to hydrolysis) is 1. The number of hydrogen-bond acceptors (Lipinski definition) is 6. The fourth-order valence-corrected chi connectivity index (χ4v) is 2.68. The molecule has 0 saturated carbocycles. The lowest BCUT2D eigenvalue weighted by molar-refractivity contribution is -0.147. The maximum atomic E-state index is 11.9. The number of ether oxygens (including phenoxy) is 1. The number of nitrogens with one attached hydrogen (secondary N) is 2. The van der Waals surface area contributed by atoms with E-state index in [2.05, 4.69) is 21.2 Å². The minimum atomic E-state index is -1.67. The van der Waals surface area contributed by atoms with Crippen molar-refractivity contribution in [1.82, 2.24) is 10.6 Å². The van der Waals surface area contributed by atoms with Gasteiger partial charge in [-0.25, -0.2) is 14.4 Å². The van der Waals surface area contributed by atoms with Crippen LogP contribution in [0, 0.1) is 0 Å². The van der Waals surface area contributed by atoms with Crippen LogP contribution in [-0.2, 0) is 30.3 Å². The Morgan fingerprint density at radius 1 is 0.935 bits per heavy atom. The van der Waals surface area contributed by atoms with Crippen molar-refractivity contribution in [3.05, 3.63) is 34.3 Å². The summed E-state index contributed by atoms with van der Waals surface area (Å²) in [7, 11) is 0. The van der Waals surface area contributed by atoms with E-state index in [9.17, 15) is 24.0 Å². The summed E-state index contributed by atoms with van der Waals surface area (Å²) in [5.74, 6) is -4.68. The van der Waals surface area contributed by atoms with Gasteiger partial charge in [0.1, 0.15) is 6.04 Å². The van der Waals surface area contributed by atoms with Gasteiger partial charge in [-0.05, 0) is 30.5 Å². The third kappa shape index (κ3) is 11.0. The number of rotatable bonds is 13. The Balaban J connectivity index is 2.44. The van der Waals surface area contributed by atoms with Crippen LogP contribution in [0.4, 0.5) is 4.79 Å². The van der Waals surface area contributed by atoms with Crippen molar-refractivity contribution in [3.8, 4) is 0 Å². The van der Waals surface area contributed by atoms with Crippen molar-refractivity contribution >= 4 is 45.8 Å². The van der Waals surface area contributed by atoms with Gasteiger partial charge in [0.05, 0.1) is 0 Å². The maximum absolute atomic E-state index is 11.9. The van der Waals surface area contributed by atoms with Gasteiger partial charge in [0.2, 0.25) is 12.0 Å². The molecule has 1 aromatic carbocycles. The fraction of sp³-hybridized carbons (Fsp3) is 0.421. The number of carbonyl (C=O) groups excluding carboxylic acids is 2. The molecule has 5 N–H and O–H groups in total. The van der Waals surface area contributed by atoms with Crippen molar-refractivity contribution in [2.45, 2.75) is 44.2 Å². The number of aliphatic carboxylic acids is 3. The topological polar surface area (TPSA) is 179 Å². The van der Waals surface area contributed by atoms with E-state index >= 15 is 0 Å². The summed E-state index contributed by atoms with van der Waals surface area (Å²) < 4.78 is 5.62. The molecule has 2 atom stereocenters. The van der Waals surface area contributed by atoms with Gasteiger partial charge in [0.25, 0.3) is 0 Å². The highest BCUT2D eigenvalue weighted by Gasteiger charge is 2.27. The minimum absolute atomic E-state index is 0.230. The lowest BCUT2D eigenvalue weighted by atomic mass is 10.1. The van der Waals surface area contributed by atoms with E-state index < -0.39 is 54.9 Å². The highest BCUT2D eigenvalue weighted by atomic mass is 79.9. The maximum Gasteiger partial charge on any atom is 0.408 e. The molecule has 0 spiro atoms. The zero-order valence-electron chi connectivity index (χ0n) is 16.4. The van der Waals surface area contributed by atoms with Gasteiger partial charge in [0, 0.05) is 30.3 Å². The van der Waals surface area contributed by atoms with E-state index in [4.69, 9.17) is 20.1 Å². The molecule has 0 aliphatic carbocycles. The van der Waals surface area contributed by atoms with Crippen LogP contribution >= 0.6 is 15.9 Å². The Morgan fingerprint density at radius 3 is 2.13 bits per heavy atom. The fourth-order valence-electron chi connectivity index (χ4n) is 2.41. The Bertz CT molecular complexity index is 798. The monoisotopic (exact) mass is 502 g/mol. The summed E-state index contributed by atoms with van der Waals surface area (Å²) >= 11 is 3.32. The van der Waals surface area contributed by atoms with Crippen molar-refractivity contribution < 1.29 is 44.0 Å². The molecule has 0 aliphatic rings. The van der Waals surface area contributed by atoms with Crippen molar-refractivity contribution in [1.29, 1.82) is 0 Å². The molecule has 31 heavy (non-hydrogen) atoms. The number of amides is 2. The smallest absolute Gasteiger partial charge is 0.408 e. The third-order valence-corrected chi connectivity index (χ3v) is 4.57. The van der Waals surface area contributed by atoms with Crippen LogP contribution in [0.5, 0.6) is 0 Å². The van der Waals surface area contributed by atoms with Gasteiger partial charge < -0.3 is 30.7 Å². The summed E-state index contributed by atoms with van der Waals surface area (Å²) in [5, 5.41) is 31.3. The molecule has 11 nitrogen and oxygen atoms in total. The number of carboxylic acids is 3. The van der Waals surface area contributed by atoms with Gasteiger partial charge in [-0.3, -0.25) is 9.59 Å². The van der Waals surface area contributed by atoms with Gasteiger partial charge in [-0.15, -0.1) is 0 Å². The summed E-state index contributed by atoms with van der Waals surface area (Å²) in [5.41, 5.74) is 1.00. The molecule has 0 heterocycles. The first-order valence-electron chi connectivity index (χ1n) is 9.24. The quantitative estimate of drug-likeness (QED) is 0.266. The highest BCUT2D eigenvalue weighted by molar-refractivity contribution is 9.10. The number of carboxylic acid groups (broad SMARTS) is 3. The van der Waals surface area contributed by atoms with Crippen LogP contribution in [0.3, 0.4) is 0 Å². The first-order valence-corrected chi connectivity index (χ1v) is 10.0. The molecule has 2 amide bonds. The van der Waals surface area contributed by atoms with Crippen LogP contribution in [0.1, 0.15) is 31.2 Å². The van der Waals surface area contributed by atoms with Crippen LogP contribution < -0.4 is 10.6 Å². The van der Waals surface area contributed by atoms with E-state index in [0.717, 1.165) is 10.0 Å². The van der Waals surface area contributed by atoms with E-state index in [1.807, 2.05) is 29.6 Å². The van der Waals surface area contributed by atoms with Gasteiger partial charge in [-0.1, -0.05) is 28.1 Å². The van der Waals surface area contributed by atoms with Crippen LogP contribution in [0.25, 0.3) is 0 Å². The molecular weight excluding hydrogens is 480 g/mol. The van der Waals surface area contributed by atoms with Crippen LogP contribution in [0.2, 0.25) is 0 Å². The molecule has 0 aromatic heterocycles. The van der Waals surface area contributed by atoms with Crippen molar-refractivity contribution in [3.63, 3.8) is 0 Å². The first kappa shape index (κ1) is 25.9. The van der Waals surface area contributed by atoms with E-state index in [0.29, 0.717) is 13.0 Å². The predicted molar refractivity (Wildman–Crippen MR) is 109 cm³/mol. The number of hydrogen-bond donors (Lipinski definition) is 5. The van der Waals surface area contributed by atoms with Gasteiger partial charge in [0.15, 0.2) is 0 Å². The lowest BCUT2D eigenvalue weighted by Gasteiger charge is -2.17. The summed E-state index contributed by atoms with van der Waals surface area (Å²) in [4.78, 5) is 56.6. The Hall–Kier alpha value is -3.15. The van der Waals surface area contributed by atoms with E-state index in [1.165, 1.54) is 0 Å². The zero-order chi connectivity index (χ0) is 23.4. The molecule has 0 unspecified atom stereocenters. The average Bonchev–Trinajstić information content (AvgIpc) is 2.69. The average molecular weight is 503 g/mol. The van der Waals surface area contributed by atoms with Crippen molar-refractivity contribution in [2.75, 3.05) is 6.54 Å². The van der Waals surface area contributed by atoms with Gasteiger partial charge >= 0.3 is 24.0 Å². The predicted octanol–water partition coefficient (Wildman–Crippen LogP) is 1.39. The Labute approximate surface area is 185 Å². The van der Waals surface area contributed by atoms with E-state index in [-0.39, 0.29) is 12.8 Å². The standard InChI is InChI=1S/C19H23BrN2O9/c20-12-3-1-11(2-4-12)9-10-21-15(23)7-6-14(18(28)29)31-19(30)22-13(17(26)27)5-8-16(24)25/h1-4,13-14H,5-10H2,(H,21,23)(H,22,30)(H,24,25)(H,26,27)(H,28,29)/t13-,14-/m0/s1. The SMILES string of the molecule is O=C(O)CC[C@H](NC(=O)O[C@@H](CCC(=O)NCCc1ccc(Br)cc1)C(=O)O)C(=O)O. The first-order chi connectivity index (χ1) is 14.6. The van der Waals surface area contributed by atoms with E-state index in [1.54, 1.807) is 0 Å². The molecule has 0 fully saturated rings. The normalized spacial score (nSPS) is 12.3. The summed E-state index contributed by atoms with van der Waals surface area (Å²) in [6.45, 7) is 0.337. The second kappa shape index (κ2) is 13.2. The third-order valence-electron chi connectivity index (χ3n) is 4.04. The Kier molecular flexibility index (Phi) is 11.0. The molecular formula is C19H23BrN2O9. The van der Waals surface area contributed by atoms with Crippen molar-refractivity contribution in [2.24, 2.45) is 0 Å². The molecule has 0 bridgehead atoms. The number of halogens is 1. The minimum Gasteiger partial charge on any atom is -0.481 e. The molecule has 0 radical (unpaired) electrons. The molecule has 1 aromatic rings. The molecule has 12 heteroatoms. The second-order valence-electron chi connectivity index (χ2n) is 6.46. The summed E-state index contributed by atoms with van der Waals surface area (Å²) in [6.07, 6.45) is -3.90. The zero-order valence-corrected chi connectivity index (χ0v) is 18.0.